The largest absolute Gasteiger partial charge is 0.497 e. The van der Waals surface area contributed by atoms with E-state index in [2.05, 4.69) is 0 Å². The van der Waals surface area contributed by atoms with Crippen molar-refractivity contribution in [3.8, 4) is 27.7 Å². The van der Waals surface area contributed by atoms with E-state index in [0.29, 0.717) is 28.5 Å². The Hall–Kier alpha value is -3.32. The smallest absolute Gasteiger partial charge is 0.348 e. The Labute approximate surface area is 171 Å². The molecule has 0 bridgehead atoms. The monoisotopic (exact) mass is 410 g/mol. The van der Waals surface area contributed by atoms with Gasteiger partial charge in [-0.2, -0.15) is 0 Å². The molecule has 0 fully saturated rings. The van der Waals surface area contributed by atoms with Crippen molar-refractivity contribution >= 4 is 23.1 Å². The summed E-state index contributed by atoms with van der Waals surface area (Å²) in [6.45, 7) is 0.00802. The summed E-state index contributed by atoms with van der Waals surface area (Å²) in [7, 11) is 2.98. The summed E-state index contributed by atoms with van der Waals surface area (Å²) in [4.78, 5) is 26.5. The fourth-order valence-electron chi connectivity index (χ4n) is 3.11. The van der Waals surface area contributed by atoms with Gasteiger partial charge in [-0.25, -0.2) is 4.79 Å². The van der Waals surface area contributed by atoms with Crippen molar-refractivity contribution in [1.82, 2.24) is 0 Å². The molecule has 0 atom stereocenters. The third kappa shape index (κ3) is 3.69. The van der Waals surface area contributed by atoms with Gasteiger partial charge in [0.2, 0.25) is 5.78 Å². The van der Waals surface area contributed by atoms with Crippen LogP contribution in [0.1, 0.15) is 25.6 Å². The molecule has 1 aliphatic heterocycles. The number of hydrogen-bond donors (Lipinski definition) is 0. The number of fused-ring (bicyclic) bond motifs is 3. The molecule has 0 saturated heterocycles. The molecular weight excluding hydrogens is 392 g/mol. The molecule has 0 spiro atoms. The minimum Gasteiger partial charge on any atom is -0.497 e. The minimum absolute atomic E-state index is 0.299. The highest BCUT2D eigenvalue weighted by Gasteiger charge is 2.24. The van der Waals surface area contributed by atoms with Crippen LogP contribution in [0.15, 0.2) is 48.5 Å². The molecule has 29 heavy (non-hydrogen) atoms. The van der Waals surface area contributed by atoms with Gasteiger partial charge in [-0.3, -0.25) is 4.79 Å². The maximum absolute atomic E-state index is 12.6. The van der Waals surface area contributed by atoms with E-state index in [4.69, 9.17) is 18.9 Å². The predicted octanol–water partition coefficient (Wildman–Crippen LogP) is 4.36. The molecular formula is C22H18O6S. The minimum atomic E-state index is -0.544. The first-order valence-electron chi connectivity index (χ1n) is 8.88. The van der Waals surface area contributed by atoms with Gasteiger partial charge in [-0.05, 0) is 36.4 Å². The van der Waals surface area contributed by atoms with Crippen molar-refractivity contribution in [2.75, 3.05) is 20.8 Å². The van der Waals surface area contributed by atoms with Crippen LogP contribution in [0.5, 0.6) is 17.2 Å². The third-order valence-corrected chi connectivity index (χ3v) is 5.76. The van der Waals surface area contributed by atoms with Gasteiger partial charge in [0.15, 0.2) is 6.61 Å². The van der Waals surface area contributed by atoms with Gasteiger partial charge in [0.1, 0.15) is 28.7 Å². The molecule has 1 aromatic heterocycles. The number of para-hydroxylation sites is 1. The van der Waals surface area contributed by atoms with Crippen molar-refractivity contribution in [3.05, 3.63) is 64.5 Å². The topological polar surface area (TPSA) is 71.1 Å². The van der Waals surface area contributed by atoms with Crippen LogP contribution < -0.4 is 14.2 Å². The highest BCUT2D eigenvalue weighted by Crippen LogP contribution is 2.42. The zero-order valence-corrected chi connectivity index (χ0v) is 16.7. The molecule has 1 aliphatic rings. The van der Waals surface area contributed by atoms with E-state index in [1.54, 1.807) is 24.3 Å². The summed E-state index contributed by atoms with van der Waals surface area (Å²) in [6.07, 6.45) is 0. The van der Waals surface area contributed by atoms with Crippen LogP contribution in [0.3, 0.4) is 0 Å². The number of ether oxygens (including phenoxy) is 4. The summed E-state index contributed by atoms with van der Waals surface area (Å²) in [5.74, 6) is 0.792. The quantitative estimate of drug-likeness (QED) is 0.444. The van der Waals surface area contributed by atoms with E-state index in [1.165, 1.54) is 25.6 Å². The van der Waals surface area contributed by atoms with Crippen LogP contribution in [0.4, 0.5) is 0 Å². The zero-order chi connectivity index (χ0) is 20.4. The van der Waals surface area contributed by atoms with E-state index >= 15 is 0 Å². The van der Waals surface area contributed by atoms with E-state index in [0.717, 1.165) is 21.8 Å². The van der Waals surface area contributed by atoms with E-state index in [9.17, 15) is 9.59 Å². The zero-order valence-electron chi connectivity index (χ0n) is 15.9. The second-order valence-electron chi connectivity index (χ2n) is 6.32. The number of esters is 1. The van der Waals surface area contributed by atoms with Crippen LogP contribution in [0, 0.1) is 0 Å². The number of benzene rings is 2. The van der Waals surface area contributed by atoms with Crippen LogP contribution >= 0.6 is 11.3 Å². The Balaban J connectivity index is 1.49. The number of carbonyl (C=O) groups is 2. The summed E-state index contributed by atoms with van der Waals surface area (Å²) in [5, 5.41) is 0. The number of thiophene rings is 1. The second-order valence-corrected chi connectivity index (χ2v) is 7.37. The first-order valence-corrected chi connectivity index (χ1v) is 9.69. The lowest BCUT2D eigenvalue weighted by Crippen LogP contribution is -2.14. The number of methoxy groups -OCH3 is 2. The maximum atomic E-state index is 12.6. The molecule has 2 heterocycles. The van der Waals surface area contributed by atoms with Gasteiger partial charge in [0.25, 0.3) is 0 Å². The molecule has 4 rings (SSSR count). The Morgan fingerprint density at radius 1 is 1.07 bits per heavy atom. The number of Topliss-reactive ketones (excluding diaryl/α,β-unsaturated/α-hetero) is 1. The van der Waals surface area contributed by atoms with E-state index < -0.39 is 12.6 Å². The summed E-state index contributed by atoms with van der Waals surface area (Å²) in [6, 6.07) is 14.3. The fourth-order valence-corrected chi connectivity index (χ4v) is 4.20. The number of hydrogen-bond acceptors (Lipinski definition) is 7. The second kappa shape index (κ2) is 7.97. The Bertz CT molecular complexity index is 1080. The average molecular weight is 410 g/mol. The maximum Gasteiger partial charge on any atom is 0.348 e. The Morgan fingerprint density at radius 2 is 1.90 bits per heavy atom. The van der Waals surface area contributed by atoms with Crippen LogP contribution in [-0.4, -0.2) is 32.6 Å². The number of ketones is 1. The highest BCUT2D eigenvalue weighted by molar-refractivity contribution is 7.17. The van der Waals surface area contributed by atoms with Crippen LogP contribution in [0.25, 0.3) is 10.4 Å². The molecule has 148 valence electrons. The molecule has 7 heteroatoms. The molecule has 0 N–H and O–H groups in total. The normalized spacial score (nSPS) is 11.7. The SMILES string of the molecule is COc1ccc(OC)c(C(=O)COC(=O)c2cc3c(s2)-c2ccccc2OC3)c1. The molecule has 0 aliphatic carbocycles. The molecule has 0 radical (unpaired) electrons. The fraction of sp³-hybridized carbons (Fsp3) is 0.182. The first kappa shape index (κ1) is 19.0. The molecule has 3 aromatic rings. The van der Waals surface area contributed by atoms with Crippen LogP contribution in [0.2, 0.25) is 0 Å². The van der Waals surface area contributed by atoms with Gasteiger partial charge in [-0.1, -0.05) is 12.1 Å². The Morgan fingerprint density at radius 3 is 2.69 bits per heavy atom. The molecule has 0 amide bonds. The molecule has 0 unspecified atom stereocenters. The van der Waals surface area contributed by atoms with Crippen molar-refractivity contribution in [1.29, 1.82) is 0 Å². The number of rotatable bonds is 6. The van der Waals surface area contributed by atoms with E-state index in [-0.39, 0.29) is 5.78 Å². The van der Waals surface area contributed by atoms with E-state index in [1.807, 2.05) is 24.3 Å². The van der Waals surface area contributed by atoms with Crippen LogP contribution in [-0.2, 0) is 11.3 Å². The van der Waals surface area contributed by atoms with Crippen molar-refractivity contribution in [2.45, 2.75) is 6.61 Å². The number of carbonyl (C=O) groups excluding carboxylic acids is 2. The predicted molar refractivity (Wildman–Crippen MR) is 108 cm³/mol. The third-order valence-electron chi connectivity index (χ3n) is 4.57. The van der Waals surface area contributed by atoms with Gasteiger partial charge >= 0.3 is 5.97 Å². The molecule has 0 saturated carbocycles. The average Bonchev–Trinajstić information content (AvgIpc) is 3.21. The molecule has 2 aromatic carbocycles. The van der Waals surface area contributed by atoms with Gasteiger partial charge < -0.3 is 18.9 Å². The van der Waals surface area contributed by atoms with Crippen molar-refractivity contribution in [2.24, 2.45) is 0 Å². The molecule has 6 nitrogen and oxygen atoms in total. The summed E-state index contributed by atoms with van der Waals surface area (Å²) in [5.41, 5.74) is 2.18. The first-order chi connectivity index (χ1) is 14.1. The highest BCUT2D eigenvalue weighted by atomic mass is 32.1. The lowest BCUT2D eigenvalue weighted by Gasteiger charge is -2.16. The van der Waals surface area contributed by atoms with Gasteiger partial charge in [0.05, 0.1) is 19.8 Å². The van der Waals surface area contributed by atoms with Gasteiger partial charge in [-0.15, -0.1) is 11.3 Å². The standard InChI is InChI=1S/C22H18O6S/c1-25-14-7-8-18(26-2)16(10-14)17(23)12-28-22(24)20-9-13-11-27-19-6-4-3-5-15(19)21(13)29-20/h3-10H,11-12H2,1-2H3. The Kier molecular flexibility index (Phi) is 5.22. The summed E-state index contributed by atoms with van der Waals surface area (Å²) >= 11 is 1.34. The lowest BCUT2D eigenvalue weighted by atomic mass is 10.1. The van der Waals surface area contributed by atoms with Crippen molar-refractivity contribution in [3.63, 3.8) is 0 Å². The lowest BCUT2D eigenvalue weighted by molar-refractivity contribution is 0.0478. The van der Waals surface area contributed by atoms with Gasteiger partial charge in [0, 0.05) is 16.0 Å². The van der Waals surface area contributed by atoms with Crippen molar-refractivity contribution < 1.29 is 28.5 Å². The summed E-state index contributed by atoms with van der Waals surface area (Å²) < 4.78 is 21.4.